The minimum Gasteiger partial charge on any atom is -0.458 e. The summed E-state index contributed by atoms with van der Waals surface area (Å²) < 4.78 is 23.8. The molecule has 52 heavy (non-hydrogen) atoms. The third-order valence-corrected chi connectivity index (χ3v) is 10.9. The number of ether oxygens (including phenoxy) is 4. The molecule has 0 heterocycles. The second-order valence-electron chi connectivity index (χ2n) is 15.6. The van der Waals surface area contributed by atoms with Gasteiger partial charge in [-0.15, -0.1) is 0 Å². The third kappa shape index (κ3) is 9.90. The van der Waals surface area contributed by atoms with Gasteiger partial charge in [-0.05, 0) is 84.5 Å². The predicted octanol–water partition coefficient (Wildman–Crippen LogP) is 9.64. The summed E-state index contributed by atoms with van der Waals surface area (Å²) >= 11 is 0. The van der Waals surface area contributed by atoms with Crippen molar-refractivity contribution in [3.8, 4) is 0 Å². The van der Waals surface area contributed by atoms with E-state index in [4.69, 9.17) is 18.9 Å². The summed E-state index contributed by atoms with van der Waals surface area (Å²) in [4.78, 5) is 56.2. The molecular formula is C44H54O8. The van der Waals surface area contributed by atoms with Crippen molar-refractivity contribution >= 4 is 23.9 Å². The monoisotopic (exact) mass is 710 g/mol. The highest BCUT2D eigenvalue weighted by molar-refractivity contribution is 6.10. The SMILES string of the molecule is CC(C)[C@@H]1CC[C@@H](C)C[C@H]1OC(=O)c1cc(C(=O)O[C@@H]2C[C@H](C)CC[C@H]2C(C)C)c(C(=O)OCc2ccccc2)cc1C(=O)OCc1ccccc1. The quantitative estimate of drug-likeness (QED) is 0.135. The van der Waals surface area contributed by atoms with E-state index in [0.717, 1.165) is 36.8 Å². The zero-order chi connectivity index (χ0) is 37.4. The van der Waals surface area contributed by atoms with Gasteiger partial charge < -0.3 is 18.9 Å². The molecule has 2 aliphatic carbocycles. The van der Waals surface area contributed by atoms with Gasteiger partial charge in [0.2, 0.25) is 0 Å². The van der Waals surface area contributed by atoms with E-state index in [1.165, 1.54) is 12.1 Å². The zero-order valence-electron chi connectivity index (χ0n) is 31.5. The highest BCUT2D eigenvalue weighted by Crippen LogP contribution is 2.38. The highest BCUT2D eigenvalue weighted by Gasteiger charge is 2.38. The molecule has 0 spiro atoms. The molecule has 0 unspecified atom stereocenters. The van der Waals surface area contributed by atoms with Gasteiger partial charge in [-0.3, -0.25) is 0 Å². The first-order chi connectivity index (χ1) is 24.9. The van der Waals surface area contributed by atoms with Crippen molar-refractivity contribution in [3.63, 3.8) is 0 Å². The smallest absolute Gasteiger partial charge is 0.339 e. The van der Waals surface area contributed by atoms with Crippen molar-refractivity contribution in [3.05, 3.63) is 106 Å². The molecule has 8 nitrogen and oxygen atoms in total. The van der Waals surface area contributed by atoms with Gasteiger partial charge in [-0.1, -0.05) is 115 Å². The Morgan fingerprint density at radius 2 is 0.885 bits per heavy atom. The lowest BCUT2D eigenvalue weighted by atomic mass is 9.75. The van der Waals surface area contributed by atoms with Crippen LogP contribution in [-0.4, -0.2) is 36.1 Å². The molecule has 0 radical (unpaired) electrons. The van der Waals surface area contributed by atoms with Crippen LogP contribution in [0.5, 0.6) is 0 Å². The van der Waals surface area contributed by atoms with Crippen molar-refractivity contribution < 1.29 is 38.1 Å². The molecule has 0 aliphatic heterocycles. The van der Waals surface area contributed by atoms with Crippen LogP contribution in [-0.2, 0) is 32.2 Å². The average molecular weight is 711 g/mol. The lowest BCUT2D eigenvalue weighted by molar-refractivity contribution is -0.0179. The molecule has 0 bridgehead atoms. The standard InChI is InChI=1S/C44H54O8/c1-27(2)33-19-17-29(5)21-39(33)51-43(47)37-24-38(44(48)52-40-22-30(6)18-20-34(40)28(3)4)36(42(46)50-26-32-15-11-8-12-16-32)23-35(37)41(45)49-25-31-13-9-7-10-14-31/h7-16,23-24,27-30,33-34,39-40H,17-22,25-26H2,1-6H3/t29-,30-,33+,34+,39-,40-/m1/s1. The summed E-state index contributed by atoms with van der Waals surface area (Å²) in [6.45, 7) is 12.6. The second-order valence-corrected chi connectivity index (χ2v) is 15.6. The Kier molecular flexibility index (Phi) is 13.3. The fourth-order valence-corrected chi connectivity index (χ4v) is 7.78. The molecule has 0 saturated heterocycles. The first-order valence-electron chi connectivity index (χ1n) is 18.9. The fraction of sp³-hybridized carbons (Fsp3) is 0.500. The van der Waals surface area contributed by atoms with Crippen LogP contribution in [0.1, 0.15) is 133 Å². The number of hydrogen-bond donors (Lipinski definition) is 0. The van der Waals surface area contributed by atoms with Gasteiger partial charge in [-0.2, -0.15) is 0 Å². The fourth-order valence-electron chi connectivity index (χ4n) is 7.78. The van der Waals surface area contributed by atoms with Crippen molar-refractivity contribution in [2.45, 2.75) is 105 Å². The van der Waals surface area contributed by atoms with Crippen LogP contribution in [0.2, 0.25) is 0 Å². The molecule has 3 aromatic rings. The summed E-state index contributed by atoms with van der Waals surface area (Å²) in [5, 5.41) is 0. The molecule has 0 aromatic heterocycles. The summed E-state index contributed by atoms with van der Waals surface area (Å²) in [6, 6.07) is 20.8. The average Bonchev–Trinajstić information content (AvgIpc) is 3.13. The normalized spacial score (nSPS) is 23.2. The maximum atomic E-state index is 14.2. The molecule has 5 rings (SSSR count). The molecule has 278 valence electrons. The molecule has 3 aromatic carbocycles. The van der Waals surface area contributed by atoms with E-state index in [1.807, 2.05) is 60.7 Å². The van der Waals surface area contributed by atoms with Gasteiger partial charge in [0.25, 0.3) is 0 Å². The van der Waals surface area contributed by atoms with Gasteiger partial charge in [-0.25, -0.2) is 19.2 Å². The zero-order valence-corrected chi connectivity index (χ0v) is 31.5. The summed E-state index contributed by atoms with van der Waals surface area (Å²) in [5.41, 5.74) is 0.839. The van der Waals surface area contributed by atoms with Gasteiger partial charge in [0.1, 0.15) is 25.4 Å². The molecule has 8 heteroatoms. The Balaban J connectivity index is 1.56. The van der Waals surface area contributed by atoms with Gasteiger partial charge >= 0.3 is 23.9 Å². The largest absolute Gasteiger partial charge is 0.458 e. The molecule has 2 aliphatic rings. The molecule has 2 fully saturated rings. The second kappa shape index (κ2) is 17.8. The summed E-state index contributed by atoms with van der Waals surface area (Å²) in [5.74, 6) is -1.58. The van der Waals surface area contributed by atoms with Crippen LogP contribution < -0.4 is 0 Å². The van der Waals surface area contributed by atoms with E-state index in [0.29, 0.717) is 24.7 Å². The number of carbonyl (C=O) groups excluding carboxylic acids is 4. The Morgan fingerprint density at radius 3 is 1.23 bits per heavy atom. The topological polar surface area (TPSA) is 105 Å². The number of esters is 4. The van der Waals surface area contributed by atoms with Gasteiger partial charge in [0.05, 0.1) is 22.3 Å². The lowest BCUT2D eigenvalue weighted by Crippen LogP contribution is -2.37. The van der Waals surface area contributed by atoms with Crippen molar-refractivity contribution in [2.75, 3.05) is 0 Å². The third-order valence-electron chi connectivity index (χ3n) is 10.9. The van der Waals surface area contributed by atoms with Crippen LogP contribution in [0.4, 0.5) is 0 Å². The van der Waals surface area contributed by atoms with E-state index in [2.05, 4.69) is 41.5 Å². The molecule has 2 saturated carbocycles. The lowest BCUT2D eigenvalue weighted by Gasteiger charge is -2.37. The number of hydrogen-bond acceptors (Lipinski definition) is 8. The van der Waals surface area contributed by atoms with Gasteiger partial charge in [0, 0.05) is 0 Å². The number of carbonyl (C=O) groups is 4. The summed E-state index contributed by atoms with van der Waals surface area (Å²) in [6.07, 6.45) is 4.57. The minimum absolute atomic E-state index is 0.0578. The van der Waals surface area contributed by atoms with Crippen LogP contribution in [0.15, 0.2) is 72.8 Å². The van der Waals surface area contributed by atoms with E-state index in [1.54, 1.807) is 0 Å². The minimum atomic E-state index is -0.828. The first-order valence-corrected chi connectivity index (χ1v) is 18.9. The van der Waals surface area contributed by atoms with E-state index < -0.39 is 23.9 Å². The van der Waals surface area contributed by atoms with E-state index in [-0.39, 0.29) is 71.3 Å². The molecule has 0 amide bonds. The number of rotatable bonds is 12. The summed E-state index contributed by atoms with van der Waals surface area (Å²) in [7, 11) is 0. The van der Waals surface area contributed by atoms with Crippen LogP contribution in [0.3, 0.4) is 0 Å². The first kappa shape index (κ1) is 38.8. The molecule has 0 N–H and O–H groups in total. The van der Waals surface area contributed by atoms with Gasteiger partial charge in [0.15, 0.2) is 0 Å². The highest BCUT2D eigenvalue weighted by atomic mass is 16.6. The van der Waals surface area contributed by atoms with Crippen LogP contribution in [0.25, 0.3) is 0 Å². The predicted molar refractivity (Wildman–Crippen MR) is 199 cm³/mol. The molecule has 6 atom stereocenters. The Labute approximate surface area is 308 Å². The van der Waals surface area contributed by atoms with Crippen molar-refractivity contribution in [1.82, 2.24) is 0 Å². The van der Waals surface area contributed by atoms with Crippen molar-refractivity contribution in [2.24, 2.45) is 35.5 Å². The number of benzene rings is 3. The van der Waals surface area contributed by atoms with E-state index >= 15 is 0 Å². The van der Waals surface area contributed by atoms with Crippen LogP contribution in [0, 0.1) is 35.5 Å². The maximum absolute atomic E-state index is 14.2. The molecular weight excluding hydrogens is 656 g/mol. The van der Waals surface area contributed by atoms with Crippen LogP contribution >= 0.6 is 0 Å². The van der Waals surface area contributed by atoms with Crippen molar-refractivity contribution in [1.29, 1.82) is 0 Å². The maximum Gasteiger partial charge on any atom is 0.339 e. The Hall–Kier alpha value is -4.46. The Bertz CT molecular complexity index is 1560. The Morgan fingerprint density at radius 1 is 0.538 bits per heavy atom. The van der Waals surface area contributed by atoms with E-state index in [9.17, 15) is 19.2 Å².